The molecule has 0 saturated heterocycles. The van der Waals surface area contributed by atoms with Crippen molar-refractivity contribution in [3.8, 4) is 44.5 Å². The quantitative estimate of drug-likeness (QED) is 0.166. The highest BCUT2D eigenvalue weighted by atomic mass is 16.3. The van der Waals surface area contributed by atoms with E-state index in [1.165, 1.54) is 98.4 Å². The van der Waals surface area contributed by atoms with Crippen molar-refractivity contribution >= 4 is 97.7 Å². The number of fused-ring (bicyclic) bond motifs is 11. The van der Waals surface area contributed by atoms with Crippen LogP contribution in [-0.2, 0) is 0 Å². The van der Waals surface area contributed by atoms with Crippen LogP contribution in [0.2, 0.25) is 0 Å². The first kappa shape index (κ1) is 35.2. The molecule has 2 heteroatoms. The Hall–Kier alpha value is -8.46. The van der Waals surface area contributed by atoms with Crippen LogP contribution >= 0.6 is 0 Å². The maximum atomic E-state index is 6.25. The molecule has 0 atom stereocenters. The van der Waals surface area contributed by atoms with E-state index in [-0.39, 0.29) is 0 Å². The average molecular weight is 813 g/mol. The zero-order chi connectivity index (χ0) is 41.9. The fourth-order valence-corrected chi connectivity index (χ4v) is 10.8. The molecule has 12 aromatic carbocycles. The van der Waals surface area contributed by atoms with Gasteiger partial charge in [-0.15, -0.1) is 0 Å². The van der Waals surface area contributed by atoms with Crippen molar-refractivity contribution in [3.05, 3.63) is 218 Å². The Morgan fingerprint density at radius 3 is 0.797 bits per heavy atom. The highest BCUT2D eigenvalue weighted by molar-refractivity contribution is 6.24. The van der Waals surface area contributed by atoms with Crippen molar-refractivity contribution in [1.29, 1.82) is 0 Å². The van der Waals surface area contributed by atoms with Gasteiger partial charge in [-0.3, -0.25) is 0 Å². The summed E-state index contributed by atoms with van der Waals surface area (Å²) in [7, 11) is 0. The topological polar surface area (TPSA) is 26.3 Å². The van der Waals surface area contributed by atoms with Gasteiger partial charge in [-0.2, -0.15) is 0 Å². The Bertz CT molecular complexity index is 3870. The Labute approximate surface area is 367 Å². The molecule has 14 rings (SSSR count). The van der Waals surface area contributed by atoms with Crippen LogP contribution in [-0.4, -0.2) is 0 Å². The standard InChI is InChI=1S/C62H36O2/c1-5-19-49-45(15-1)59(46-16-2-6-20-50(46)61(49)40-29-31-57-53(35-40)43-13-9-11-23-55(43)63-57)38-27-25-37-26-28-39(34-42(37)33-38)60-47-17-3-7-21-51(47)62(52-22-8-4-18-48(52)60)41-30-32-58-54(36-41)44-14-10-12-24-56(44)64-58/h1-36H. The lowest BCUT2D eigenvalue weighted by atomic mass is 9.84. The van der Waals surface area contributed by atoms with E-state index in [1.54, 1.807) is 0 Å². The van der Waals surface area contributed by atoms with Gasteiger partial charge in [0.15, 0.2) is 0 Å². The van der Waals surface area contributed by atoms with Gasteiger partial charge in [-0.1, -0.05) is 170 Å². The van der Waals surface area contributed by atoms with Gasteiger partial charge < -0.3 is 8.83 Å². The fourth-order valence-electron chi connectivity index (χ4n) is 10.8. The monoisotopic (exact) mass is 812 g/mol. The molecule has 0 aliphatic heterocycles. The van der Waals surface area contributed by atoms with Gasteiger partial charge in [0.2, 0.25) is 0 Å². The lowest BCUT2D eigenvalue weighted by Crippen LogP contribution is -1.92. The Balaban J connectivity index is 0.965. The van der Waals surface area contributed by atoms with E-state index in [2.05, 4.69) is 194 Å². The number of hydrogen-bond donors (Lipinski definition) is 0. The van der Waals surface area contributed by atoms with Gasteiger partial charge in [0.1, 0.15) is 22.3 Å². The van der Waals surface area contributed by atoms with Crippen LogP contribution in [0.4, 0.5) is 0 Å². The first-order chi connectivity index (χ1) is 31.7. The molecule has 0 saturated carbocycles. The van der Waals surface area contributed by atoms with Crippen LogP contribution in [0.3, 0.4) is 0 Å². The summed E-state index contributed by atoms with van der Waals surface area (Å²) in [5.74, 6) is 0. The summed E-state index contributed by atoms with van der Waals surface area (Å²) in [4.78, 5) is 0. The van der Waals surface area contributed by atoms with Crippen molar-refractivity contribution < 1.29 is 8.83 Å². The van der Waals surface area contributed by atoms with Gasteiger partial charge in [-0.05, 0) is 147 Å². The SMILES string of the molecule is c1ccc2c(c1)oc1ccc(-c3c4ccccc4c(-c4ccc5ccc(-c6c7ccccc7c(-c7ccc8oc9ccccc9c8c7)c7ccccc67)cc5c4)c4ccccc34)cc12. The predicted octanol–water partition coefficient (Wildman–Crippen LogP) is 17.9. The van der Waals surface area contributed by atoms with E-state index >= 15 is 0 Å². The first-order valence-corrected chi connectivity index (χ1v) is 22.0. The summed E-state index contributed by atoms with van der Waals surface area (Å²) in [6.07, 6.45) is 0. The van der Waals surface area contributed by atoms with Gasteiger partial charge in [0.25, 0.3) is 0 Å². The third-order valence-electron chi connectivity index (χ3n) is 13.6. The van der Waals surface area contributed by atoms with Crippen molar-refractivity contribution in [2.24, 2.45) is 0 Å². The van der Waals surface area contributed by atoms with Crippen molar-refractivity contribution in [3.63, 3.8) is 0 Å². The van der Waals surface area contributed by atoms with Crippen LogP contribution in [0.25, 0.3) is 142 Å². The molecule has 0 N–H and O–H groups in total. The molecule has 0 fully saturated rings. The Morgan fingerprint density at radius 2 is 0.453 bits per heavy atom. The summed E-state index contributed by atoms with van der Waals surface area (Å²) >= 11 is 0. The van der Waals surface area contributed by atoms with E-state index in [0.29, 0.717) is 0 Å². The smallest absolute Gasteiger partial charge is 0.135 e. The molecule has 2 aromatic heterocycles. The van der Waals surface area contributed by atoms with E-state index in [0.717, 1.165) is 43.9 Å². The van der Waals surface area contributed by atoms with E-state index in [9.17, 15) is 0 Å². The Morgan fingerprint density at radius 1 is 0.188 bits per heavy atom. The normalized spacial score (nSPS) is 12.1. The minimum Gasteiger partial charge on any atom is -0.456 e. The molecular formula is C62H36O2. The van der Waals surface area contributed by atoms with Gasteiger partial charge in [0, 0.05) is 21.5 Å². The molecule has 0 aliphatic carbocycles. The average Bonchev–Trinajstić information content (AvgIpc) is 3.92. The number of furan rings is 2. The molecular weight excluding hydrogens is 777 g/mol. The minimum absolute atomic E-state index is 0.906. The van der Waals surface area contributed by atoms with Crippen LogP contribution in [0, 0.1) is 0 Å². The largest absolute Gasteiger partial charge is 0.456 e. The molecule has 2 heterocycles. The molecule has 64 heavy (non-hydrogen) atoms. The fraction of sp³-hybridized carbons (Fsp3) is 0. The number of hydrogen-bond acceptors (Lipinski definition) is 2. The van der Waals surface area contributed by atoms with Crippen molar-refractivity contribution in [2.45, 2.75) is 0 Å². The second-order valence-corrected chi connectivity index (χ2v) is 17.1. The molecule has 2 nitrogen and oxygen atoms in total. The van der Waals surface area contributed by atoms with Crippen LogP contribution in [0.1, 0.15) is 0 Å². The van der Waals surface area contributed by atoms with E-state index in [4.69, 9.17) is 8.83 Å². The predicted molar refractivity (Wildman–Crippen MR) is 270 cm³/mol. The molecule has 0 bridgehead atoms. The highest BCUT2D eigenvalue weighted by Crippen LogP contribution is 2.48. The van der Waals surface area contributed by atoms with Crippen LogP contribution in [0.5, 0.6) is 0 Å². The van der Waals surface area contributed by atoms with Gasteiger partial charge in [-0.25, -0.2) is 0 Å². The summed E-state index contributed by atoms with van der Waals surface area (Å²) in [5.41, 5.74) is 13.4. The maximum absolute atomic E-state index is 6.25. The zero-order valence-electron chi connectivity index (χ0n) is 34.6. The number of rotatable bonds is 4. The maximum Gasteiger partial charge on any atom is 0.135 e. The van der Waals surface area contributed by atoms with Crippen molar-refractivity contribution in [2.75, 3.05) is 0 Å². The van der Waals surface area contributed by atoms with Crippen LogP contribution in [0.15, 0.2) is 227 Å². The van der Waals surface area contributed by atoms with E-state index in [1.807, 2.05) is 24.3 Å². The zero-order valence-corrected chi connectivity index (χ0v) is 34.6. The second kappa shape index (κ2) is 13.5. The lowest BCUT2D eigenvalue weighted by molar-refractivity contribution is 0.668. The van der Waals surface area contributed by atoms with Crippen LogP contribution < -0.4 is 0 Å². The molecule has 0 radical (unpaired) electrons. The third kappa shape index (κ3) is 5.14. The second-order valence-electron chi connectivity index (χ2n) is 17.1. The summed E-state index contributed by atoms with van der Waals surface area (Å²) in [5, 5.41) is 16.8. The first-order valence-electron chi connectivity index (χ1n) is 22.0. The molecule has 296 valence electrons. The van der Waals surface area contributed by atoms with E-state index < -0.39 is 0 Å². The number of benzene rings is 12. The van der Waals surface area contributed by atoms with Gasteiger partial charge >= 0.3 is 0 Å². The molecule has 0 unspecified atom stereocenters. The molecule has 14 aromatic rings. The summed E-state index contributed by atoms with van der Waals surface area (Å²) < 4.78 is 12.5. The minimum atomic E-state index is 0.906. The Kier molecular flexibility index (Phi) is 7.43. The van der Waals surface area contributed by atoms with Gasteiger partial charge in [0.05, 0.1) is 0 Å². The lowest BCUT2D eigenvalue weighted by Gasteiger charge is -2.19. The molecule has 0 amide bonds. The van der Waals surface area contributed by atoms with Crippen molar-refractivity contribution in [1.82, 2.24) is 0 Å². The third-order valence-corrected chi connectivity index (χ3v) is 13.6. The number of para-hydroxylation sites is 2. The highest BCUT2D eigenvalue weighted by Gasteiger charge is 2.21. The summed E-state index contributed by atoms with van der Waals surface area (Å²) in [6, 6.07) is 79.6. The summed E-state index contributed by atoms with van der Waals surface area (Å²) in [6.45, 7) is 0. The molecule has 0 spiro atoms. The molecule has 0 aliphatic rings.